The second-order valence-electron chi connectivity index (χ2n) is 7.09. The molecule has 2 heterocycles. The standard InChI is InChI=1S/C22H32N6.HI/c1-4-23-22(25-12-7-8-15-28-16-14-24-18(28)3)26-13-11-19-17(2)27-21-10-6-5-9-20(19)21;/h5-6,9-10,14,16,27H,4,7-8,11-13,15H2,1-3H3,(H2,23,25,26);1H. The van der Waals surface area contributed by atoms with Crippen LogP contribution < -0.4 is 10.6 Å². The summed E-state index contributed by atoms with van der Waals surface area (Å²) in [7, 11) is 0. The quantitative estimate of drug-likeness (QED) is 0.176. The van der Waals surface area contributed by atoms with Crippen LogP contribution >= 0.6 is 24.0 Å². The molecule has 158 valence electrons. The third kappa shape index (κ3) is 6.48. The number of para-hydroxylation sites is 1. The summed E-state index contributed by atoms with van der Waals surface area (Å²) < 4.78 is 2.19. The van der Waals surface area contributed by atoms with E-state index in [0.717, 1.165) is 57.2 Å². The first-order chi connectivity index (χ1) is 13.7. The molecule has 0 bridgehead atoms. The molecule has 7 heteroatoms. The molecule has 0 amide bonds. The van der Waals surface area contributed by atoms with Crippen molar-refractivity contribution in [1.29, 1.82) is 0 Å². The van der Waals surface area contributed by atoms with Gasteiger partial charge in [-0.05, 0) is 51.7 Å². The number of rotatable bonds is 9. The van der Waals surface area contributed by atoms with Crippen molar-refractivity contribution >= 4 is 40.8 Å². The summed E-state index contributed by atoms with van der Waals surface area (Å²) in [6.45, 7) is 9.86. The van der Waals surface area contributed by atoms with Crippen LogP contribution in [0.4, 0.5) is 0 Å². The molecule has 0 saturated heterocycles. The van der Waals surface area contributed by atoms with Crippen molar-refractivity contribution < 1.29 is 0 Å². The molecule has 3 aromatic rings. The number of fused-ring (bicyclic) bond motifs is 1. The summed E-state index contributed by atoms with van der Waals surface area (Å²) in [6, 6.07) is 8.50. The van der Waals surface area contributed by atoms with Gasteiger partial charge in [-0.25, -0.2) is 4.98 Å². The van der Waals surface area contributed by atoms with E-state index in [-0.39, 0.29) is 24.0 Å². The third-order valence-corrected chi connectivity index (χ3v) is 5.04. The van der Waals surface area contributed by atoms with Crippen molar-refractivity contribution in [2.75, 3.05) is 19.6 Å². The molecular formula is C22H33IN6. The van der Waals surface area contributed by atoms with E-state index >= 15 is 0 Å². The molecule has 1 aromatic carbocycles. The molecule has 0 radical (unpaired) electrons. The van der Waals surface area contributed by atoms with Crippen LogP contribution in [-0.2, 0) is 13.0 Å². The zero-order valence-corrected chi connectivity index (χ0v) is 20.0. The molecule has 29 heavy (non-hydrogen) atoms. The lowest BCUT2D eigenvalue weighted by Gasteiger charge is -2.11. The minimum absolute atomic E-state index is 0. The maximum absolute atomic E-state index is 4.72. The Hall–Kier alpha value is -2.03. The van der Waals surface area contributed by atoms with Gasteiger partial charge < -0.3 is 20.2 Å². The molecule has 0 saturated carbocycles. The van der Waals surface area contributed by atoms with Gasteiger partial charge in [0.25, 0.3) is 0 Å². The van der Waals surface area contributed by atoms with Crippen LogP contribution in [0.15, 0.2) is 41.7 Å². The van der Waals surface area contributed by atoms with Crippen molar-refractivity contribution in [2.45, 2.75) is 46.6 Å². The largest absolute Gasteiger partial charge is 0.358 e. The number of nitrogens with one attached hydrogen (secondary N) is 3. The zero-order valence-electron chi connectivity index (χ0n) is 17.7. The number of aromatic amines is 1. The topological polar surface area (TPSA) is 70.0 Å². The first kappa shape index (κ1) is 23.3. The van der Waals surface area contributed by atoms with E-state index < -0.39 is 0 Å². The highest BCUT2D eigenvalue weighted by Crippen LogP contribution is 2.21. The van der Waals surface area contributed by atoms with E-state index in [1.807, 2.05) is 19.3 Å². The maximum atomic E-state index is 4.72. The van der Waals surface area contributed by atoms with E-state index in [0.29, 0.717) is 0 Å². The number of hydrogen-bond donors (Lipinski definition) is 3. The summed E-state index contributed by atoms with van der Waals surface area (Å²) in [5.41, 5.74) is 3.85. The second-order valence-corrected chi connectivity index (χ2v) is 7.09. The Labute approximate surface area is 190 Å². The zero-order chi connectivity index (χ0) is 19.8. The van der Waals surface area contributed by atoms with Gasteiger partial charge in [-0.1, -0.05) is 18.2 Å². The number of aliphatic imine (C=N–C) groups is 1. The van der Waals surface area contributed by atoms with Crippen molar-refractivity contribution in [3.05, 3.63) is 53.7 Å². The van der Waals surface area contributed by atoms with Gasteiger partial charge in [0.05, 0.1) is 0 Å². The molecule has 0 aliphatic rings. The van der Waals surface area contributed by atoms with Gasteiger partial charge in [-0.15, -0.1) is 24.0 Å². The molecule has 2 aromatic heterocycles. The van der Waals surface area contributed by atoms with Crippen LogP contribution in [0.1, 0.15) is 36.8 Å². The number of H-pyrrole nitrogens is 1. The van der Waals surface area contributed by atoms with Crippen molar-refractivity contribution in [3.63, 3.8) is 0 Å². The summed E-state index contributed by atoms with van der Waals surface area (Å²) in [6.07, 6.45) is 7.04. The molecule has 0 aliphatic heterocycles. The number of hydrogen-bond acceptors (Lipinski definition) is 2. The van der Waals surface area contributed by atoms with Gasteiger partial charge in [0.15, 0.2) is 5.96 Å². The maximum Gasteiger partial charge on any atom is 0.191 e. The molecular weight excluding hydrogens is 475 g/mol. The minimum Gasteiger partial charge on any atom is -0.358 e. The number of aromatic nitrogens is 3. The normalized spacial score (nSPS) is 11.5. The van der Waals surface area contributed by atoms with Crippen LogP contribution in [-0.4, -0.2) is 40.1 Å². The minimum atomic E-state index is 0. The fourth-order valence-electron chi connectivity index (χ4n) is 3.53. The Balaban J connectivity index is 0.00000300. The van der Waals surface area contributed by atoms with Gasteiger partial charge in [0, 0.05) is 55.2 Å². The molecule has 0 atom stereocenters. The third-order valence-electron chi connectivity index (χ3n) is 5.04. The Bertz CT molecular complexity index is 911. The van der Waals surface area contributed by atoms with E-state index in [9.17, 15) is 0 Å². The first-order valence-electron chi connectivity index (χ1n) is 10.2. The number of imidazole rings is 1. The molecule has 6 nitrogen and oxygen atoms in total. The summed E-state index contributed by atoms with van der Waals surface area (Å²) in [5, 5.41) is 8.14. The van der Waals surface area contributed by atoms with Crippen LogP contribution in [0.3, 0.4) is 0 Å². The monoisotopic (exact) mass is 508 g/mol. The fourth-order valence-corrected chi connectivity index (χ4v) is 3.53. The summed E-state index contributed by atoms with van der Waals surface area (Å²) >= 11 is 0. The molecule has 0 spiro atoms. The SMILES string of the molecule is CCNC(=NCCCCn1ccnc1C)NCCc1c(C)[nH]c2ccccc12.I. The molecule has 0 fully saturated rings. The van der Waals surface area contributed by atoms with E-state index in [4.69, 9.17) is 4.99 Å². The first-order valence-corrected chi connectivity index (χ1v) is 10.2. The lowest BCUT2D eigenvalue weighted by molar-refractivity contribution is 0.600. The van der Waals surface area contributed by atoms with Crippen LogP contribution in [0.5, 0.6) is 0 Å². The van der Waals surface area contributed by atoms with Gasteiger partial charge in [-0.2, -0.15) is 0 Å². The molecule has 0 aliphatic carbocycles. The highest BCUT2D eigenvalue weighted by atomic mass is 127. The van der Waals surface area contributed by atoms with Crippen LogP contribution in [0.25, 0.3) is 10.9 Å². The Morgan fingerprint density at radius 2 is 2.00 bits per heavy atom. The average Bonchev–Trinajstić information content (AvgIpc) is 3.24. The van der Waals surface area contributed by atoms with Gasteiger partial charge in [0.2, 0.25) is 0 Å². The van der Waals surface area contributed by atoms with Crippen molar-refractivity contribution in [2.24, 2.45) is 4.99 Å². The van der Waals surface area contributed by atoms with Gasteiger partial charge in [-0.3, -0.25) is 4.99 Å². The van der Waals surface area contributed by atoms with E-state index in [2.05, 4.69) is 63.3 Å². The predicted molar refractivity (Wildman–Crippen MR) is 132 cm³/mol. The fraction of sp³-hybridized carbons (Fsp3) is 0.455. The summed E-state index contributed by atoms with van der Waals surface area (Å²) in [4.78, 5) is 12.5. The van der Waals surface area contributed by atoms with E-state index in [1.54, 1.807) is 0 Å². The smallest absolute Gasteiger partial charge is 0.191 e. The number of halogens is 1. The van der Waals surface area contributed by atoms with Crippen molar-refractivity contribution in [1.82, 2.24) is 25.2 Å². The van der Waals surface area contributed by atoms with Gasteiger partial charge in [0.1, 0.15) is 5.82 Å². The highest BCUT2D eigenvalue weighted by molar-refractivity contribution is 14.0. The van der Waals surface area contributed by atoms with Crippen LogP contribution in [0.2, 0.25) is 0 Å². The second kappa shape index (κ2) is 11.8. The van der Waals surface area contributed by atoms with Gasteiger partial charge >= 0.3 is 0 Å². The van der Waals surface area contributed by atoms with Crippen molar-refractivity contribution in [3.8, 4) is 0 Å². The number of guanidine groups is 1. The number of unbranched alkanes of at least 4 members (excludes halogenated alkanes) is 1. The Morgan fingerprint density at radius 1 is 1.17 bits per heavy atom. The molecule has 3 rings (SSSR count). The van der Waals surface area contributed by atoms with E-state index in [1.165, 1.54) is 22.2 Å². The summed E-state index contributed by atoms with van der Waals surface area (Å²) in [5.74, 6) is 1.98. The predicted octanol–water partition coefficient (Wildman–Crippen LogP) is 4.18. The number of aryl methyl sites for hydroxylation is 3. The Morgan fingerprint density at radius 3 is 2.76 bits per heavy atom. The Kier molecular flexibility index (Phi) is 9.50. The van der Waals surface area contributed by atoms with Crippen LogP contribution in [0, 0.1) is 13.8 Å². The lowest BCUT2D eigenvalue weighted by Crippen LogP contribution is -2.38. The lowest BCUT2D eigenvalue weighted by atomic mass is 10.1. The highest BCUT2D eigenvalue weighted by Gasteiger charge is 2.07. The molecule has 0 unspecified atom stereocenters. The number of benzene rings is 1. The number of nitrogens with zero attached hydrogens (tertiary/aromatic N) is 3. The molecule has 3 N–H and O–H groups in total. The average molecular weight is 508 g/mol.